The van der Waals surface area contributed by atoms with E-state index >= 15 is 0 Å². The zero-order valence-electron chi connectivity index (χ0n) is 18.4. The van der Waals surface area contributed by atoms with Crippen LogP contribution in [0.2, 0.25) is 10.0 Å². The van der Waals surface area contributed by atoms with Gasteiger partial charge in [-0.2, -0.15) is 5.26 Å². The van der Waals surface area contributed by atoms with E-state index in [1.807, 2.05) is 30.3 Å². The lowest BCUT2D eigenvalue weighted by atomic mass is 10.00. The highest BCUT2D eigenvalue weighted by Gasteiger charge is 2.31. The number of anilines is 1. The van der Waals surface area contributed by atoms with Gasteiger partial charge in [0.25, 0.3) is 0 Å². The summed E-state index contributed by atoms with van der Waals surface area (Å²) in [5.41, 5.74) is 8.98. The number of β-amino-alcohol motifs (C(OH)–C–C–N with tert-alkyl or cyclic N) is 1. The number of carbonyl (C=O) groups is 1. The third kappa shape index (κ3) is 5.35. The molecule has 0 radical (unpaired) electrons. The van der Waals surface area contributed by atoms with Gasteiger partial charge in [0.05, 0.1) is 34.5 Å². The molecule has 3 aromatic carbocycles. The van der Waals surface area contributed by atoms with E-state index in [1.54, 1.807) is 36.4 Å². The van der Waals surface area contributed by atoms with Crippen LogP contribution in [0.3, 0.4) is 0 Å². The van der Waals surface area contributed by atoms with Crippen LogP contribution in [-0.4, -0.2) is 42.1 Å². The number of aliphatic hydroxyl groups is 1. The highest BCUT2D eigenvalue weighted by Crippen LogP contribution is 2.36. The summed E-state index contributed by atoms with van der Waals surface area (Å²) >= 11 is 12.7. The molecule has 1 aliphatic rings. The van der Waals surface area contributed by atoms with Crippen molar-refractivity contribution in [1.29, 1.82) is 5.26 Å². The van der Waals surface area contributed by atoms with Crippen LogP contribution in [0.4, 0.5) is 5.69 Å². The predicted octanol–water partition coefficient (Wildman–Crippen LogP) is 4.56. The number of nitriles is 1. The molecule has 4 rings (SSSR count). The highest BCUT2D eigenvalue weighted by molar-refractivity contribution is 6.33. The Morgan fingerprint density at radius 2 is 1.79 bits per heavy atom. The summed E-state index contributed by atoms with van der Waals surface area (Å²) in [5.74, 6) is -0.524. The molecule has 0 aromatic heterocycles. The number of nitrogens with two attached hydrogens (primary N) is 1. The second kappa shape index (κ2) is 10.5. The van der Waals surface area contributed by atoms with Gasteiger partial charge in [0, 0.05) is 36.8 Å². The van der Waals surface area contributed by atoms with E-state index in [0.29, 0.717) is 47.4 Å². The molecule has 1 saturated heterocycles. The standard InChI is InChI=1S/C26H24Cl2N4O2/c27-21-8-5-18(6-9-21)24-15-31(16-25(33)19-3-1-17(14-29)2-4-19)11-12-32(24)23-10-7-20(26(30)34)13-22(23)28/h1-10,13,24-25,33H,11-12,15-16H2,(H2,30,34)/t24-,25?/m0/s1. The van der Waals surface area contributed by atoms with Crippen molar-refractivity contribution in [1.82, 2.24) is 4.90 Å². The minimum absolute atomic E-state index is 0.0453. The fourth-order valence-electron chi connectivity index (χ4n) is 4.29. The summed E-state index contributed by atoms with van der Waals surface area (Å²) in [5, 5.41) is 20.9. The van der Waals surface area contributed by atoms with Crippen LogP contribution >= 0.6 is 23.2 Å². The fraction of sp³-hybridized carbons (Fsp3) is 0.231. The highest BCUT2D eigenvalue weighted by atomic mass is 35.5. The SMILES string of the molecule is N#Cc1ccc(C(O)CN2CCN(c3ccc(C(N)=O)cc3Cl)[C@H](c3ccc(Cl)cc3)C2)cc1. The molecule has 1 unspecified atom stereocenters. The van der Waals surface area contributed by atoms with Gasteiger partial charge in [-0.1, -0.05) is 47.5 Å². The van der Waals surface area contributed by atoms with E-state index in [9.17, 15) is 9.90 Å². The maximum atomic E-state index is 11.5. The number of amides is 1. The van der Waals surface area contributed by atoms with Gasteiger partial charge in [0.15, 0.2) is 0 Å². The third-order valence-corrected chi connectivity index (χ3v) is 6.67. The quantitative estimate of drug-likeness (QED) is 0.523. The lowest BCUT2D eigenvalue weighted by Gasteiger charge is -2.44. The summed E-state index contributed by atoms with van der Waals surface area (Å²) < 4.78 is 0. The molecule has 6 nitrogen and oxygen atoms in total. The molecule has 0 aliphatic carbocycles. The number of nitrogens with zero attached hydrogens (tertiary/aromatic N) is 3. The van der Waals surface area contributed by atoms with Crippen LogP contribution in [0.1, 0.15) is 39.2 Å². The maximum absolute atomic E-state index is 11.5. The Bertz CT molecular complexity index is 1210. The molecule has 0 spiro atoms. The van der Waals surface area contributed by atoms with Crippen molar-refractivity contribution >= 4 is 34.8 Å². The minimum atomic E-state index is -0.677. The first-order chi connectivity index (χ1) is 16.4. The molecule has 1 heterocycles. The van der Waals surface area contributed by atoms with Crippen molar-refractivity contribution in [3.8, 4) is 6.07 Å². The monoisotopic (exact) mass is 494 g/mol. The molecule has 1 aliphatic heterocycles. The smallest absolute Gasteiger partial charge is 0.248 e. The molecule has 34 heavy (non-hydrogen) atoms. The van der Waals surface area contributed by atoms with Crippen molar-refractivity contribution < 1.29 is 9.90 Å². The van der Waals surface area contributed by atoms with Gasteiger partial charge >= 0.3 is 0 Å². The Morgan fingerprint density at radius 1 is 1.09 bits per heavy atom. The number of primary amides is 1. The average Bonchev–Trinajstić information content (AvgIpc) is 2.84. The Kier molecular flexibility index (Phi) is 7.40. The number of aliphatic hydroxyl groups excluding tert-OH is 1. The molecule has 2 atom stereocenters. The number of benzene rings is 3. The Hall–Kier alpha value is -3.08. The van der Waals surface area contributed by atoms with E-state index < -0.39 is 12.0 Å². The van der Waals surface area contributed by atoms with Gasteiger partial charge in [0.2, 0.25) is 5.91 Å². The lowest BCUT2D eigenvalue weighted by Crippen LogP contribution is -2.49. The van der Waals surface area contributed by atoms with E-state index in [4.69, 9.17) is 34.2 Å². The van der Waals surface area contributed by atoms with Crippen LogP contribution in [0, 0.1) is 11.3 Å². The topological polar surface area (TPSA) is 93.6 Å². The fourth-order valence-corrected chi connectivity index (χ4v) is 4.70. The molecule has 174 valence electrons. The second-order valence-corrected chi connectivity index (χ2v) is 9.14. The van der Waals surface area contributed by atoms with Gasteiger partial charge in [-0.15, -0.1) is 0 Å². The summed E-state index contributed by atoms with van der Waals surface area (Å²) in [4.78, 5) is 16.0. The molecular formula is C26H24Cl2N4O2. The number of rotatable bonds is 6. The number of piperazine rings is 1. The molecule has 0 bridgehead atoms. The minimum Gasteiger partial charge on any atom is -0.387 e. The molecular weight excluding hydrogens is 471 g/mol. The van der Waals surface area contributed by atoms with Crippen molar-refractivity contribution in [2.24, 2.45) is 5.73 Å². The van der Waals surface area contributed by atoms with Gasteiger partial charge in [-0.3, -0.25) is 9.69 Å². The number of hydrogen-bond acceptors (Lipinski definition) is 5. The molecule has 3 aromatic rings. The van der Waals surface area contributed by atoms with Gasteiger partial charge in [-0.05, 0) is 53.6 Å². The molecule has 0 saturated carbocycles. The largest absolute Gasteiger partial charge is 0.387 e. The first-order valence-corrected chi connectivity index (χ1v) is 11.6. The molecule has 1 amide bonds. The van der Waals surface area contributed by atoms with Crippen molar-refractivity contribution in [2.75, 3.05) is 31.1 Å². The van der Waals surface area contributed by atoms with Gasteiger partial charge < -0.3 is 15.7 Å². The first-order valence-electron chi connectivity index (χ1n) is 10.9. The first kappa shape index (κ1) is 24.1. The van der Waals surface area contributed by atoms with E-state index in [2.05, 4.69) is 15.9 Å². The van der Waals surface area contributed by atoms with Crippen LogP contribution in [-0.2, 0) is 0 Å². The summed E-state index contributed by atoms with van der Waals surface area (Å²) in [7, 11) is 0. The van der Waals surface area contributed by atoms with Gasteiger partial charge in [-0.25, -0.2) is 0 Å². The predicted molar refractivity (Wildman–Crippen MR) is 134 cm³/mol. The summed E-state index contributed by atoms with van der Waals surface area (Å²) in [6.07, 6.45) is -0.677. The van der Waals surface area contributed by atoms with Crippen molar-refractivity contribution in [3.63, 3.8) is 0 Å². The Balaban J connectivity index is 1.58. The van der Waals surface area contributed by atoms with Crippen molar-refractivity contribution in [2.45, 2.75) is 12.1 Å². The number of halogens is 2. The summed E-state index contributed by atoms with van der Waals surface area (Å²) in [6, 6.07) is 21.9. The number of hydrogen-bond donors (Lipinski definition) is 2. The Morgan fingerprint density at radius 3 is 2.41 bits per heavy atom. The van der Waals surface area contributed by atoms with Crippen LogP contribution in [0.25, 0.3) is 0 Å². The zero-order chi connectivity index (χ0) is 24.2. The van der Waals surface area contributed by atoms with Crippen LogP contribution in [0.5, 0.6) is 0 Å². The molecule has 1 fully saturated rings. The molecule has 3 N–H and O–H groups in total. The van der Waals surface area contributed by atoms with Gasteiger partial charge in [0.1, 0.15) is 0 Å². The number of carbonyl (C=O) groups excluding carboxylic acids is 1. The summed E-state index contributed by atoms with van der Waals surface area (Å²) in [6.45, 7) is 2.50. The normalized spacial score (nSPS) is 17.2. The Labute approximate surface area is 208 Å². The van der Waals surface area contributed by atoms with E-state index in [0.717, 1.165) is 16.8 Å². The van der Waals surface area contributed by atoms with Crippen molar-refractivity contribution in [3.05, 3.63) is 99.0 Å². The van der Waals surface area contributed by atoms with E-state index in [-0.39, 0.29) is 6.04 Å². The third-order valence-electron chi connectivity index (χ3n) is 6.12. The maximum Gasteiger partial charge on any atom is 0.248 e. The lowest BCUT2D eigenvalue weighted by molar-refractivity contribution is 0.0999. The second-order valence-electron chi connectivity index (χ2n) is 8.30. The van der Waals surface area contributed by atoms with Crippen LogP contribution < -0.4 is 10.6 Å². The van der Waals surface area contributed by atoms with Crippen LogP contribution in [0.15, 0.2) is 66.7 Å². The molecule has 8 heteroatoms. The average molecular weight is 495 g/mol. The van der Waals surface area contributed by atoms with E-state index in [1.165, 1.54) is 0 Å². The zero-order valence-corrected chi connectivity index (χ0v) is 19.9.